The highest BCUT2D eigenvalue weighted by Gasteiger charge is 2.43. The highest BCUT2D eigenvalue weighted by Crippen LogP contribution is 2.21. The molecule has 0 radical (unpaired) electrons. The van der Waals surface area contributed by atoms with Crippen molar-refractivity contribution in [2.24, 2.45) is 0 Å². The number of carbonyl (C=O) groups excluding carboxylic acids is 6. The van der Waals surface area contributed by atoms with Crippen LogP contribution < -0.4 is 0 Å². The Morgan fingerprint density at radius 2 is 0.516 bits per heavy atom. The molecule has 0 fully saturated rings. The normalized spacial score (nSPS) is 11.2. The smallest absolute Gasteiger partial charge is 0.339 e. The average Bonchev–Trinajstić information content (AvgIpc) is 3.26. The van der Waals surface area contributed by atoms with Crippen molar-refractivity contribution < 1.29 is 62.3 Å². The van der Waals surface area contributed by atoms with Gasteiger partial charge in [0.1, 0.15) is 0 Å². The molecule has 374 valence electrons. The lowest BCUT2D eigenvalue weighted by molar-refractivity contribution is -0.178. The fourth-order valence-corrected chi connectivity index (χ4v) is 7.05. The van der Waals surface area contributed by atoms with Crippen LogP contribution in [0.1, 0.15) is 245 Å². The lowest BCUT2D eigenvalue weighted by Gasteiger charge is -2.24. The first-order valence-corrected chi connectivity index (χ1v) is 25.8. The summed E-state index contributed by atoms with van der Waals surface area (Å²) < 4.78 is 31.9. The van der Waals surface area contributed by atoms with Crippen LogP contribution in [0.4, 0.5) is 0 Å². The molecule has 0 aromatic carbocycles. The van der Waals surface area contributed by atoms with E-state index in [1.807, 2.05) is 0 Å². The maximum atomic E-state index is 13.2. The van der Waals surface area contributed by atoms with Gasteiger partial charge in [-0.05, 0) is 77.0 Å². The molecule has 0 atom stereocenters. The van der Waals surface area contributed by atoms with Crippen molar-refractivity contribution in [3.8, 4) is 0 Å². The molecule has 0 aliphatic heterocycles. The van der Waals surface area contributed by atoms with Gasteiger partial charge in [-0.25, -0.2) is 4.79 Å². The predicted molar refractivity (Wildman–Crippen MR) is 249 cm³/mol. The number of hydrogen-bond donors (Lipinski definition) is 1. The van der Waals surface area contributed by atoms with Crippen LogP contribution in [-0.2, 0) is 57.2 Å². The first-order valence-electron chi connectivity index (χ1n) is 25.8. The fourth-order valence-electron chi connectivity index (χ4n) is 7.05. The Morgan fingerprint density at radius 1 is 0.297 bits per heavy atom. The zero-order valence-corrected chi connectivity index (χ0v) is 40.8. The molecule has 64 heavy (non-hydrogen) atoms. The number of carbonyl (C=O) groups is 6. The summed E-state index contributed by atoms with van der Waals surface area (Å²) in [6.07, 6.45) is 28.3. The first-order chi connectivity index (χ1) is 31.1. The summed E-state index contributed by atoms with van der Waals surface area (Å²) in [6.45, 7) is 7.38. The average molecular weight is 913 g/mol. The first kappa shape index (κ1) is 60.8. The fraction of sp³-hybridized carbons (Fsp3) is 0.882. The lowest BCUT2D eigenvalue weighted by atomic mass is 9.95. The summed E-state index contributed by atoms with van der Waals surface area (Å²) in [6, 6.07) is 0. The molecule has 13 nitrogen and oxygen atoms in total. The molecule has 0 spiro atoms. The minimum Gasteiger partial charge on any atom is -0.466 e. The van der Waals surface area contributed by atoms with Crippen LogP contribution in [0.2, 0.25) is 0 Å². The molecule has 0 aromatic rings. The van der Waals surface area contributed by atoms with Gasteiger partial charge < -0.3 is 33.5 Å². The zero-order chi connectivity index (χ0) is 47.2. The maximum Gasteiger partial charge on any atom is 0.339 e. The van der Waals surface area contributed by atoms with Crippen LogP contribution in [0.5, 0.6) is 0 Å². The molecular formula is C51H92O13. The number of rotatable bonds is 47. The van der Waals surface area contributed by atoms with Crippen LogP contribution in [0.15, 0.2) is 0 Å². The molecule has 0 aromatic heterocycles. The van der Waals surface area contributed by atoms with Gasteiger partial charge in [0.25, 0.3) is 0 Å². The Balaban J connectivity index is 4.66. The minimum atomic E-state index is -2.49. The van der Waals surface area contributed by atoms with Gasteiger partial charge >= 0.3 is 35.8 Å². The van der Waals surface area contributed by atoms with Gasteiger partial charge in [0.05, 0.1) is 52.5 Å². The van der Waals surface area contributed by atoms with Crippen molar-refractivity contribution in [2.45, 2.75) is 251 Å². The zero-order valence-electron chi connectivity index (χ0n) is 40.8. The monoisotopic (exact) mass is 913 g/mol. The number of ether oxygens (including phenoxy) is 6. The molecule has 0 heterocycles. The van der Waals surface area contributed by atoms with Gasteiger partial charge in [0.15, 0.2) is 5.60 Å². The summed E-state index contributed by atoms with van der Waals surface area (Å²) >= 11 is 0. The van der Waals surface area contributed by atoms with Crippen LogP contribution in [0.25, 0.3) is 0 Å². The summed E-state index contributed by atoms with van der Waals surface area (Å²) in [4.78, 5) is 74.8. The van der Waals surface area contributed by atoms with Gasteiger partial charge in [-0.1, -0.05) is 136 Å². The number of aliphatic hydroxyl groups is 1. The van der Waals surface area contributed by atoms with Crippen LogP contribution in [-0.4, -0.2) is 86.2 Å². The maximum absolute atomic E-state index is 13.2. The van der Waals surface area contributed by atoms with Crippen molar-refractivity contribution in [3.63, 3.8) is 0 Å². The molecule has 1 N–H and O–H groups in total. The van der Waals surface area contributed by atoms with Gasteiger partial charge in [0, 0.05) is 19.3 Å². The van der Waals surface area contributed by atoms with Crippen molar-refractivity contribution in [1.29, 1.82) is 0 Å². The second-order valence-corrected chi connectivity index (χ2v) is 17.4. The molecule has 0 saturated heterocycles. The third-order valence-corrected chi connectivity index (χ3v) is 11.1. The van der Waals surface area contributed by atoms with Crippen LogP contribution >= 0.6 is 0 Å². The number of unbranched alkanes of at least 4 members (excludes halogenated alkanes) is 24. The van der Waals surface area contributed by atoms with Crippen molar-refractivity contribution in [1.82, 2.24) is 0 Å². The molecule has 0 rings (SSSR count). The van der Waals surface area contributed by atoms with Crippen LogP contribution in [0, 0.1) is 0 Å². The van der Waals surface area contributed by atoms with E-state index in [1.165, 1.54) is 77.0 Å². The second-order valence-electron chi connectivity index (χ2n) is 17.4. The molecule has 0 saturated carbocycles. The van der Waals surface area contributed by atoms with E-state index in [1.54, 1.807) is 0 Å². The van der Waals surface area contributed by atoms with Crippen molar-refractivity contribution in [3.05, 3.63) is 0 Å². The summed E-state index contributed by atoms with van der Waals surface area (Å²) in [7, 11) is 0. The topological polar surface area (TPSA) is 178 Å². The molecule has 0 bridgehead atoms. The highest BCUT2D eigenvalue weighted by molar-refractivity contribution is 5.90. The molecule has 0 aliphatic rings. The SMILES string of the molecule is CCCCCCCCCC(=O)OCCCCCOC(=O)CC(O)(CC(=O)OCCCCCOC(=O)CCCCCCCCC)C(=O)OCCCCCOC(=O)CCCCCCCCC. The quantitative estimate of drug-likeness (QED) is 0.0347. The lowest BCUT2D eigenvalue weighted by Crippen LogP contribution is -2.45. The Labute approximate surface area is 387 Å². The Morgan fingerprint density at radius 3 is 0.797 bits per heavy atom. The van der Waals surface area contributed by atoms with E-state index in [0.717, 1.165) is 57.8 Å². The largest absolute Gasteiger partial charge is 0.466 e. The van der Waals surface area contributed by atoms with E-state index in [0.29, 0.717) is 77.0 Å². The number of hydrogen-bond acceptors (Lipinski definition) is 13. The molecule has 13 heteroatoms. The molecule has 0 aliphatic carbocycles. The molecule has 0 unspecified atom stereocenters. The van der Waals surface area contributed by atoms with E-state index < -0.39 is 36.4 Å². The van der Waals surface area contributed by atoms with E-state index in [-0.39, 0.29) is 57.5 Å². The van der Waals surface area contributed by atoms with Gasteiger partial charge in [-0.3, -0.25) is 24.0 Å². The Hall–Kier alpha value is -3.22. The van der Waals surface area contributed by atoms with E-state index in [2.05, 4.69) is 20.8 Å². The molecular weight excluding hydrogens is 821 g/mol. The standard InChI is InChI=1S/C51H92O13/c1-4-7-10-13-16-19-25-34-45(52)59-37-28-22-31-40-62-48(55)43-51(58,50(57)64-42-33-24-30-39-61-47(54)36-27-21-18-15-12-9-6-3)44-49(56)63-41-32-23-29-38-60-46(53)35-26-20-17-14-11-8-5-2/h58H,4-44H2,1-3H3. The van der Waals surface area contributed by atoms with E-state index in [4.69, 9.17) is 28.4 Å². The van der Waals surface area contributed by atoms with Crippen molar-refractivity contribution in [2.75, 3.05) is 39.6 Å². The molecule has 0 amide bonds. The van der Waals surface area contributed by atoms with E-state index in [9.17, 15) is 33.9 Å². The van der Waals surface area contributed by atoms with Gasteiger partial charge in [-0.2, -0.15) is 0 Å². The van der Waals surface area contributed by atoms with Crippen LogP contribution in [0.3, 0.4) is 0 Å². The van der Waals surface area contributed by atoms with Crippen molar-refractivity contribution >= 4 is 35.8 Å². The Kier molecular flexibility index (Phi) is 42.7. The van der Waals surface area contributed by atoms with Gasteiger partial charge in [0.2, 0.25) is 0 Å². The second kappa shape index (κ2) is 45.0. The third-order valence-electron chi connectivity index (χ3n) is 11.1. The summed E-state index contributed by atoms with van der Waals surface area (Å²) in [5.74, 6) is -3.48. The minimum absolute atomic E-state index is 0.0262. The Bertz CT molecular complexity index is 1120. The summed E-state index contributed by atoms with van der Waals surface area (Å²) in [5, 5.41) is 11.3. The predicted octanol–water partition coefficient (Wildman–Crippen LogP) is 11.7. The van der Waals surface area contributed by atoms with Gasteiger partial charge in [-0.15, -0.1) is 0 Å². The summed E-state index contributed by atoms with van der Waals surface area (Å²) in [5.41, 5.74) is -2.49. The highest BCUT2D eigenvalue weighted by atomic mass is 16.6. The number of esters is 6. The van der Waals surface area contributed by atoms with E-state index >= 15 is 0 Å². The third kappa shape index (κ3) is 40.3.